The molecule has 0 bridgehead atoms. The molecule has 0 saturated carbocycles. The fourth-order valence-electron chi connectivity index (χ4n) is 2.54. The van der Waals surface area contributed by atoms with E-state index in [-0.39, 0.29) is 6.03 Å². The second kappa shape index (κ2) is 7.09. The third-order valence-corrected chi connectivity index (χ3v) is 4.60. The number of carbonyl (C=O) groups excluding carboxylic acids is 1. The van der Waals surface area contributed by atoms with Crippen molar-refractivity contribution in [2.45, 2.75) is 13.0 Å². The summed E-state index contributed by atoms with van der Waals surface area (Å²) >= 11 is 1.59. The molecule has 1 aliphatic rings. The highest BCUT2D eigenvalue weighted by molar-refractivity contribution is 7.13. The summed E-state index contributed by atoms with van der Waals surface area (Å²) in [6, 6.07) is 0.0238. The minimum absolute atomic E-state index is 0.0238. The summed E-state index contributed by atoms with van der Waals surface area (Å²) in [6.45, 7) is 3.24. The van der Waals surface area contributed by atoms with Crippen LogP contribution in [0, 0.1) is 5.92 Å². The van der Waals surface area contributed by atoms with E-state index >= 15 is 0 Å². The molecular weight excluding hydrogens is 286 g/mol. The number of aromatic nitrogens is 1. The number of urea groups is 1. The zero-order chi connectivity index (χ0) is 15.4. The summed E-state index contributed by atoms with van der Waals surface area (Å²) < 4.78 is 0. The SMILES string of the molecule is CN(C)CC1CCN(C(=O)NCc2csc(N(C)C)n2)C1. The zero-order valence-electron chi connectivity index (χ0n) is 13.3. The molecule has 0 radical (unpaired) electrons. The first-order valence-corrected chi connectivity index (χ1v) is 8.13. The van der Waals surface area contributed by atoms with Gasteiger partial charge in [-0.2, -0.15) is 0 Å². The molecule has 1 aromatic rings. The third-order valence-electron chi connectivity index (χ3n) is 3.54. The highest BCUT2D eigenvalue weighted by Crippen LogP contribution is 2.19. The van der Waals surface area contributed by atoms with Crippen LogP contribution in [0.1, 0.15) is 12.1 Å². The van der Waals surface area contributed by atoms with Crippen molar-refractivity contribution < 1.29 is 4.79 Å². The van der Waals surface area contributed by atoms with Gasteiger partial charge in [-0.15, -0.1) is 11.3 Å². The van der Waals surface area contributed by atoms with Crippen LogP contribution in [0.25, 0.3) is 0 Å². The Hall–Kier alpha value is -1.34. The Morgan fingerprint density at radius 3 is 2.86 bits per heavy atom. The van der Waals surface area contributed by atoms with Crippen LogP contribution in [0.2, 0.25) is 0 Å². The predicted molar refractivity (Wildman–Crippen MR) is 86.9 cm³/mol. The van der Waals surface area contributed by atoms with Crippen molar-refractivity contribution in [1.82, 2.24) is 20.1 Å². The van der Waals surface area contributed by atoms with Gasteiger partial charge in [0.15, 0.2) is 5.13 Å². The summed E-state index contributed by atoms with van der Waals surface area (Å²) in [7, 11) is 8.09. The standard InChI is InChI=1S/C14H25N5OS/c1-17(2)8-11-5-6-19(9-11)13(20)15-7-12-10-21-14(16-12)18(3)4/h10-11H,5-9H2,1-4H3,(H,15,20). The number of amides is 2. The van der Waals surface area contributed by atoms with Crippen molar-refractivity contribution in [3.8, 4) is 0 Å². The molecule has 118 valence electrons. The minimum Gasteiger partial charge on any atom is -0.354 e. The molecule has 1 atom stereocenters. The van der Waals surface area contributed by atoms with Crippen LogP contribution in [0.15, 0.2) is 5.38 Å². The van der Waals surface area contributed by atoms with Gasteiger partial charge in [0.25, 0.3) is 0 Å². The number of nitrogens with zero attached hydrogens (tertiary/aromatic N) is 4. The molecule has 2 amide bonds. The zero-order valence-corrected chi connectivity index (χ0v) is 14.1. The van der Waals surface area contributed by atoms with Crippen molar-refractivity contribution in [2.75, 3.05) is 52.7 Å². The molecule has 21 heavy (non-hydrogen) atoms. The number of rotatable bonds is 5. The van der Waals surface area contributed by atoms with Crippen LogP contribution in [0.5, 0.6) is 0 Å². The Kier molecular flexibility index (Phi) is 5.41. The van der Waals surface area contributed by atoms with Gasteiger partial charge >= 0.3 is 6.03 Å². The summed E-state index contributed by atoms with van der Waals surface area (Å²) in [5.41, 5.74) is 0.918. The number of thiazole rings is 1. The Morgan fingerprint density at radius 1 is 1.48 bits per heavy atom. The first kappa shape index (κ1) is 16.0. The molecule has 1 aliphatic heterocycles. The molecule has 1 aromatic heterocycles. The van der Waals surface area contributed by atoms with E-state index in [4.69, 9.17) is 0 Å². The van der Waals surface area contributed by atoms with Gasteiger partial charge < -0.3 is 20.0 Å². The smallest absolute Gasteiger partial charge is 0.317 e. The Labute approximate surface area is 130 Å². The molecule has 1 fully saturated rings. The number of carbonyl (C=O) groups is 1. The van der Waals surface area contributed by atoms with Crippen LogP contribution in [-0.4, -0.2) is 68.6 Å². The molecule has 2 heterocycles. The lowest BCUT2D eigenvalue weighted by atomic mass is 10.1. The number of hydrogen-bond acceptors (Lipinski definition) is 5. The fraction of sp³-hybridized carbons (Fsp3) is 0.714. The van der Waals surface area contributed by atoms with Gasteiger partial charge in [0.1, 0.15) is 0 Å². The van der Waals surface area contributed by atoms with E-state index in [1.54, 1.807) is 11.3 Å². The van der Waals surface area contributed by atoms with E-state index in [2.05, 4.69) is 29.3 Å². The Morgan fingerprint density at radius 2 is 2.24 bits per heavy atom. The van der Waals surface area contributed by atoms with E-state index in [1.807, 2.05) is 29.3 Å². The molecule has 1 saturated heterocycles. The summed E-state index contributed by atoms with van der Waals surface area (Å²) in [5.74, 6) is 0.588. The van der Waals surface area contributed by atoms with Crippen LogP contribution >= 0.6 is 11.3 Å². The van der Waals surface area contributed by atoms with Crippen LogP contribution in [0.3, 0.4) is 0 Å². The normalized spacial score (nSPS) is 18.3. The highest BCUT2D eigenvalue weighted by Gasteiger charge is 2.26. The van der Waals surface area contributed by atoms with Crippen LogP contribution in [0.4, 0.5) is 9.93 Å². The number of likely N-dealkylation sites (tertiary alicyclic amines) is 1. The average molecular weight is 311 g/mol. The maximum atomic E-state index is 12.2. The summed E-state index contributed by atoms with van der Waals surface area (Å²) in [5, 5.41) is 5.92. The second-order valence-corrected chi connectivity index (χ2v) is 6.87. The first-order valence-electron chi connectivity index (χ1n) is 7.25. The first-order chi connectivity index (χ1) is 9.95. The predicted octanol–water partition coefficient (Wildman–Crippen LogP) is 1.30. The highest BCUT2D eigenvalue weighted by atomic mass is 32.1. The molecule has 6 nitrogen and oxygen atoms in total. The quantitative estimate of drug-likeness (QED) is 0.890. The van der Waals surface area contributed by atoms with Gasteiger partial charge in [0, 0.05) is 39.1 Å². The van der Waals surface area contributed by atoms with Crippen molar-refractivity contribution in [3.05, 3.63) is 11.1 Å². The maximum Gasteiger partial charge on any atom is 0.317 e. The number of anilines is 1. The lowest BCUT2D eigenvalue weighted by Gasteiger charge is -2.18. The van der Waals surface area contributed by atoms with Crippen molar-refractivity contribution in [1.29, 1.82) is 0 Å². The van der Waals surface area contributed by atoms with E-state index in [0.717, 1.165) is 36.9 Å². The number of nitrogens with one attached hydrogen (secondary N) is 1. The van der Waals surface area contributed by atoms with E-state index in [0.29, 0.717) is 12.5 Å². The molecule has 0 spiro atoms. The van der Waals surface area contributed by atoms with Crippen molar-refractivity contribution >= 4 is 22.5 Å². The average Bonchev–Trinajstić information content (AvgIpc) is 3.04. The van der Waals surface area contributed by atoms with Gasteiger partial charge in [0.2, 0.25) is 0 Å². The fourth-order valence-corrected chi connectivity index (χ4v) is 3.30. The molecular formula is C14H25N5OS. The molecule has 0 aliphatic carbocycles. The monoisotopic (exact) mass is 311 g/mol. The van der Waals surface area contributed by atoms with Gasteiger partial charge in [-0.25, -0.2) is 9.78 Å². The van der Waals surface area contributed by atoms with Gasteiger partial charge in [0.05, 0.1) is 12.2 Å². The molecule has 2 rings (SSSR count). The summed E-state index contributed by atoms with van der Waals surface area (Å²) in [4.78, 5) is 22.7. The minimum atomic E-state index is 0.0238. The Bertz CT molecular complexity index is 474. The Balaban J connectivity index is 1.77. The van der Waals surface area contributed by atoms with Crippen molar-refractivity contribution in [3.63, 3.8) is 0 Å². The second-order valence-electron chi connectivity index (χ2n) is 6.04. The number of hydrogen-bond donors (Lipinski definition) is 1. The lowest BCUT2D eigenvalue weighted by molar-refractivity contribution is 0.205. The largest absolute Gasteiger partial charge is 0.354 e. The lowest BCUT2D eigenvalue weighted by Crippen LogP contribution is -2.38. The van der Waals surface area contributed by atoms with Gasteiger partial charge in [-0.05, 0) is 26.4 Å². The molecule has 0 aromatic carbocycles. The molecule has 7 heteroatoms. The van der Waals surface area contributed by atoms with Crippen LogP contribution < -0.4 is 10.2 Å². The molecule has 1 N–H and O–H groups in total. The van der Waals surface area contributed by atoms with E-state index in [9.17, 15) is 4.79 Å². The van der Waals surface area contributed by atoms with Crippen LogP contribution in [-0.2, 0) is 6.54 Å². The topological polar surface area (TPSA) is 51.7 Å². The van der Waals surface area contributed by atoms with Crippen molar-refractivity contribution in [2.24, 2.45) is 5.92 Å². The van der Waals surface area contributed by atoms with E-state index in [1.165, 1.54) is 0 Å². The van der Waals surface area contributed by atoms with Gasteiger partial charge in [-0.3, -0.25) is 0 Å². The maximum absolute atomic E-state index is 12.2. The van der Waals surface area contributed by atoms with E-state index < -0.39 is 0 Å². The third kappa shape index (κ3) is 4.57. The summed E-state index contributed by atoms with van der Waals surface area (Å²) in [6.07, 6.45) is 1.09. The molecule has 1 unspecified atom stereocenters. The van der Waals surface area contributed by atoms with Gasteiger partial charge in [-0.1, -0.05) is 0 Å².